The van der Waals surface area contributed by atoms with Crippen LogP contribution in [0.5, 0.6) is 0 Å². The third-order valence-corrected chi connectivity index (χ3v) is 4.17. The summed E-state index contributed by atoms with van der Waals surface area (Å²) in [5, 5.41) is 2.59. The number of nitrogens with one attached hydrogen (secondary N) is 1. The van der Waals surface area contributed by atoms with Crippen LogP contribution in [-0.2, 0) is 4.79 Å². The van der Waals surface area contributed by atoms with Crippen molar-refractivity contribution in [2.24, 2.45) is 5.92 Å². The minimum atomic E-state index is -4.24. The summed E-state index contributed by atoms with van der Waals surface area (Å²) in [5.74, 6) is 0.286. The molecule has 0 aromatic carbocycles. The molecule has 1 aliphatic heterocycles. The molecule has 122 valence electrons. The summed E-state index contributed by atoms with van der Waals surface area (Å²) in [5.41, 5.74) is -4.24. The average molecular weight is 333 g/mol. The van der Waals surface area contributed by atoms with Gasteiger partial charge in [0.1, 0.15) is 5.82 Å². The maximum absolute atomic E-state index is 12.1. The van der Waals surface area contributed by atoms with Crippen LogP contribution in [0.1, 0.15) is 12.8 Å². The lowest BCUT2D eigenvalue weighted by Crippen LogP contribution is -2.43. The van der Waals surface area contributed by atoms with Crippen molar-refractivity contribution in [2.75, 3.05) is 30.3 Å². The zero-order valence-electron chi connectivity index (χ0n) is 12.0. The lowest BCUT2D eigenvalue weighted by atomic mass is 9.97. The summed E-state index contributed by atoms with van der Waals surface area (Å²) in [7, 11) is 0. The SMILES string of the molecule is O=C(NCCSC(F)(F)F)[C@@H]1CCCN(c2ccccn2)C1. The van der Waals surface area contributed by atoms with Gasteiger partial charge in [-0.1, -0.05) is 6.07 Å². The first-order valence-electron chi connectivity index (χ1n) is 7.10. The Labute approximate surface area is 131 Å². The maximum Gasteiger partial charge on any atom is 0.441 e. The van der Waals surface area contributed by atoms with Crippen molar-refractivity contribution >= 4 is 23.5 Å². The number of carbonyl (C=O) groups excluding carboxylic acids is 1. The number of hydrogen-bond donors (Lipinski definition) is 1. The Morgan fingerprint density at radius 1 is 1.45 bits per heavy atom. The van der Waals surface area contributed by atoms with Crippen molar-refractivity contribution in [3.8, 4) is 0 Å². The van der Waals surface area contributed by atoms with E-state index in [0.29, 0.717) is 6.54 Å². The standard InChI is InChI=1S/C14H18F3N3OS/c15-14(16,17)22-9-7-19-13(21)11-4-3-8-20(10-11)12-5-1-2-6-18-12/h1-2,5-6,11H,3-4,7-10H2,(H,19,21)/t11-/m1/s1. The molecule has 1 saturated heterocycles. The highest BCUT2D eigenvalue weighted by Crippen LogP contribution is 2.29. The lowest BCUT2D eigenvalue weighted by Gasteiger charge is -2.32. The molecule has 1 atom stereocenters. The number of anilines is 1. The highest BCUT2D eigenvalue weighted by Gasteiger charge is 2.29. The number of nitrogens with zero attached hydrogens (tertiary/aromatic N) is 2. The molecule has 8 heteroatoms. The molecular formula is C14H18F3N3OS. The van der Waals surface area contributed by atoms with Crippen LogP contribution in [0.25, 0.3) is 0 Å². The van der Waals surface area contributed by atoms with Gasteiger partial charge in [0.2, 0.25) is 5.91 Å². The minimum absolute atomic E-state index is 0.0309. The van der Waals surface area contributed by atoms with Crippen molar-refractivity contribution in [1.29, 1.82) is 0 Å². The van der Waals surface area contributed by atoms with Gasteiger partial charge in [0.05, 0.1) is 5.92 Å². The van der Waals surface area contributed by atoms with E-state index in [1.807, 2.05) is 23.1 Å². The zero-order chi connectivity index (χ0) is 16.0. The van der Waals surface area contributed by atoms with Crippen molar-refractivity contribution < 1.29 is 18.0 Å². The smallest absolute Gasteiger partial charge is 0.356 e. The average Bonchev–Trinajstić information content (AvgIpc) is 2.51. The highest BCUT2D eigenvalue weighted by molar-refractivity contribution is 8.00. The molecule has 0 bridgehead atoms. The fourth-order valence-corrected chi connectivity index (χ4v) is 2.86. The Morgan fingerprint density at radius 2 is 2.27 bits per heavy atom. The van der Waals surface area contributed by atoms with Gasteiger partial charge in [-0.15, -0.1) is 0 Å². The molecule has 1 fully saturated rings. The minimum Gasteiger partial charge on any atom is -0.356 e. The summed E-state index contributed by atoms with van der Waals surface area (Å²) in [6.07, 6.45) is 3.32. The maximum atomic E-state index is 12.1. The number of pyridine rings is 1. The number of piperidine rings is 1. The van der Waals surface area contributed by atoms with Gasteiger partial charge in [0.25, 0.3) is 0 Å². The van der Waals surface area contributed by atoms with E-state index in [-0.39, 0.29) is 35.9 Å². The predicted octanol–water partition coefficient (Wildman–Crippen LogP) is 2.67. The molecule has 0 radical (unpaired) electrons. The van der Waals surface area contributed by atoms with Gasteiger partial charge >= 0.3 is 5.51 Å². The van der Waals surface area contributed by atoms with E-state index >= 15 is 0 Å². The fraction of sp³-hybridized carbons (Fsp3) is 0.571. The molecule has 0 saturated carbocycles. The molecule has 0 aliphatic carbocycles. The van der Waals surface area contributed by atoms with E-state index in [2.05, 4.69) is 10.3 Å². The third-order valence-electron chi connectivity index (χ3n) is 3.43. The van der Waals surface area contributed by atoms with E-state index in [4.69, 9.17) is 0 Å². The van der Waals surface area contributed by atoms with E-state index in [1.165, 1.54) is 0 Å². The normalized spacial score (nSPS) is 19.0. The Hall–Kier alpha value is -1.44. The molecule has 0 spiro atoms. The number of aromatic nitrogens is 1. The predicted molar refractivity (Wildman–Crippen MR) is 80.7 cm³/mol. The van der Waals surface area contributed by atoms with Crippen molar-refractivity contribution in [2.45, 2.75) is 18.3 Å². The zero-order valence-corrected chi connectivity index (χ0v) is 12.8. The molecular weight excluding hydrogens is 315 g/mol. The second-order valence-corrected chi connectivity index (χ2v) is 6.22. The fourth-order valence-electron chi connectivity index (χ4n) is 2.43. The third kappa shape index (κ3) is 5.40. The second-order valence-electron chi connectivity index (χ2n) is 5.06. The first kappa shape index (κ1) is 16.9. The molecule has 1 aromatic rings. The van der Waals surface area contributed by atoms with Gasteiger partial charge in [-0.2, -0.15) is 13.2 Å². The first-order chi connectivity index (χ1) is 10.5. The van der Waals surface area contributed by atoms with Gasteiger partial charge in [-0.25, -0.2) is 4.98 Å². The summed E-state index contributed by atoms with van der Waals surface area (Å²) in [6, 6.07) is 5.61. The van der Waals surface area contributed by atoms with E-state index in [1.54, 1.807) is 6.20 Å². The summed E-state index contributed by atoms with van der Waals surface area (Å²) in [6.45, 7) is 1.42. The van der Waals surface area contributed by atoms with E-state index < -0.39 is 5.51 Å². The Bertz CT molecular complexity index is 484. The van der Waals surface area contributed by atoms with Crippen molar-refractivity contribution in [1.82, 2.24) is 10.3 Å². The van der Waals surface area contributed by atoms with Crippen LogP contribution in [0.2, 0.25) is 0 Å². The van der Waals surface area contributed by atoms with Gasteiger partial charge in [-0.05, 0) is 36.7 Å². The molecule has 1 N–H and O–H groups in total. The number of halogens is 3. The summed E-state index contributed by atoms with van der Waals surface area (Å²) < 4.78 is 36.0. The van der Waals surface area contributed by atoms with Crippen molar-refractivity contribution in [3.63, 3.8) is 0 Å². The largest absolute Gasteiger partial charge is 0.441 e. The molecule has 2 rings (SSSR count). The molecule has 1 aliphatic rings. The van der Waals surface area contributed by atoms with Crippen LogP contribution in [-0.4, -0.2) is 41.8 Å². The topological polar surface area (TPSA) is 45.2 Å². The van der Waals surface area contributed by atoms with E-state index in [9.17, 15) is 18.0 Å². The molecule has 1 aromatic heterocycles. The molecule has 4 nitrogen and oxygen atoms in total. The Balaban J connectivity index is 1.78. The Morgan fingerprint density at radius 3 is 2.95 bits per heavy atom. The quantitative estimate of drug-likeness (QED) is 0.842. The molecule has 0 unspecified atom stereocenters. The summed E-state index contributed by atoms with van der Waals surface area (Å²) in [4.78, 5) is 18.4. The monoisotopic (exact) mass is 333 g/mol. The van der Waals surface area contributed by atoms with Crippen LogP contribution in [0.4, 0.5) is 19.0 Å². The molecule has 22 heavy (non-hydrogen) atoms. The number of amides is 1. The van der Waals surface area contributed by atoms with Gasteiger partial charge < -0.3 is 10.2 Å². The van der Waals surface area contributed by atoms with E-state index in [0.717, 1.165) is 25.2 Å². The van der Waals surface area contributed by atoms with Crippen LogP contribution in [0.3, 0.4) is 0 Å². The van der Waals surface area contributed by atoms with Crippen LogP contribution < -0.4 is 10.2 Å². The number of hydrogen-bond acceptors (Lipinski definition) is 4. The van der Waals surface area contributed by atoms with Gasteiger partial charge in [0.15, 0.2) is 0 Å². The number of thioether (sulfide) groups is 1. The van der Waals surface area contributed by atoms with Crippen molar-refractivity contribution in [3.05, 3.63) is 24.4 Å². The van der Waals surface area contributed by atoms with Gasteiger partial charge in [0, 0.05) is 31.6 Å². The van der Waals surface area contributed by atoms with Gasteiger partial charge in [-0.3, -0.25) is 4.79 Å². The number of rotatable bonds is 5. The summed E-state index contributed by atoms with van der Waals surface area (Å²) >= 11 is -0.116. The lowest BCUT2D eigenvalue weighted by molar-refractivity contribution is -0.125. The number of alkyl halides is 3. The molecule has 2 heterocycles. The Kier molecular flexibility index (Phi) is 5.93. The first-order valence-corrected chi connectivity index (χ1v) is 8.08. The highest BCUT2D eigenvalue weighted by atomic mass is 32.2. The second kappa shape index (κ2) is 7.71. The van der Waals surface area contributed by atoms with Crippen LogP contribution in [0, 0.1) is 5.92 Å². The van der Waals surface area contributed by atoms with Crippen LogP contribution >= 0.6 is 11.8 Å². The molecule has 1 amide bonds. The number of carbonyl (C=O) groups is 1. The van der Waals surface area contributed by atoms with Crippen LogP contribution in [0.15, 0.2) is 24.4 Å².